The zero-order valence-corrected chi connectivity index (χ0v) is 11.6. The lowest BCUT2D eigenvalue weighted by Gasteiger charge is -2.29. The van der Waals surface area contributed by atoms with Gasteiger partial charge in [0.2, 0.25) is 5.91 Å². The zero-order valence-electron chi connectivity index (χ0n) is 11.6. The molecule has 0 aromatic rings. The molecule has 0 radical (unpaired) electrons. The summed E-state index contributed by atoms with van der Waals surface area (Å²) < 4.78 is 10.3. The summed E-state index contributed by atoms with van der Waals surface area (Å²) in [5, 5.41) is 0. The Kier molecular flexibility index (Phi) is 4.95. The molecule has 6 nitrogen and oxygen atoms in total. The number of carbonyl (C=O) groups is 2. The number of hydrogen-bond donors (Lipinski definition) is 0. The molecule has 18 heavy (non-hydrogen) atoms. The molecule has 6 heteroatoms. The summed E-state index contributed by atoms with van der Waals surface area (Å²) in [6, 6.07) is 0. The Labute approximate surface area is 108 Å². The van der Waals surface area contributed by atoms with E-state index in [1.807, 2.05) is 20.8 Å². The van der Waals surface area contributed by atoms with E-state index in [2.05, 4.69) is 0 Å². The van der Waals surface area contributed by atoms with Gasteiger partial charge in [-0.1, -0.05) is 0 Å². The van der Waals surface area contributed by atoms with Gasteiger partial charge in [0.1, 0.15) is 12.2 Å². The van der Waals surface area contributed by atoms with Gasteiger partial charge in [0.15, 0.2) is 0 Å². The Balaban J connectivity index is 2.33. The quantitative estimate of drug-likeness (QED) is 0.748. The molecule has 1 rings (SSSR count). The smallest absolute Gasteiger partial charge is 0.410 e. The van der Waals surface area contributed by atoms with Gasteiger partial charge in [-0.3, -0.25) is 4.79 Å². The van der Waals surface area contributed by atoms with E-state index in [4.69, 9.17) is 9.47 Å². The maximum Gasteiger partial charge on any atom is 0.410 e. The van der Waals surface area contributed by atoms with Crippen LogP contribution in [0.5, 0.6) is 0 Å². The first-order valence-electron chi connectivity index (χ1n) is 6.09. The van der Waals surface area contributed by atoms with Gasteiger partial charge in [0.05, 0.1) is 6.61 Å². The number of amides is 2. The summed E-state index contributed by atoms with van der Waals surface area (Å²) in [7, 11) is 1.67. The van der Waals surface area contributed by atoms with Crippen LogP contribution in [0.2, 0.25) is 0 Å². The van der Waals surface area contributed by atoms with E-state index >= 15 is 0 Å². The first-order valence-corrected chi connectivity index (χ1v) is 6.09. The highest BCUT2D eigenvalue weighted by atomic mass is 16.6. The molecule has 0 atom stereocenters. The van der Waals surface area contributed by atoms with Crippen LogP contribution in [0, 0.1) is 0 Å². The van der Waals surface area contributed by atoms with Gasteiger partial charge in [-0.2, -0.15) is 0 Å². The van der Waals surface area contributed by atoms with Gasteiger partial charge in [0.25, 0.3) is 0 Å². The molecule has 0 unspecified atom stereocenters. The molecular formula is C12H22N2O4. The fourth-order valence-electron chi connectivity index (χ4n) is 1.49. The largest absolute Gasteiger partial charge is 0.444 e. The predicted octanol–water partition coefficient (Wildman–Crippen LogP) is 0.712. The third-order valence-electron chi connectivity index (χ3n) is 2.49. The predicted molar refractivity (Wildman–Crippen MR) is 66.3 cm³/mol. The Bertz CT molecular complexity index is 312. The van der Waals surface area contributed by atoms with Gasteiger partial charge < -0.3 is 19.3 Å². The Morgan fingerprint density at radius 1 is 1.50 bits per heavy atom. The number of hydrogen-bond acceptors (Lipinski definition) is 4. The summed E-state index contributed by atoms with van der Waals surface area (Å²) in [6.07, 6.45) is -0.372. The van der Waals surface area contributed by atoms with Gasteiger partial charge >= 0.3 is 6.09 Å². The number of nitrogens with zero attached hydrogens (tertiary/aromatic N) is 2. The molecule has 1 aliphatic rings. The van der Waals surface area contributed by atoms with Crippen molar-refractivity contribution in [3.05, 3.63) is 0 Å². The molecule has 0 saturated carbocycles. The summed E-state index contributed by atoms with van der Waals surface area (Å²) in [5.74, 6) is -0.0289. The van der Waals surface area contributed by atoms with Crippen LogP contribution in [0.3, 0.4) is 0 Å². The van der Waals surface area contributed by atoms with Crippen molar-refractivity contribution in [2.24, 2.45) is 0 Å². The molecule has 0 aromatic carbocycles. The Hall–Kier alpha value is -1.30. The second kappa shape index (κ2) is 6.04. The average molecular weight is 258 g/mol. The molecule has 0 spiro atoms. The van der Waals surface area contributed by atoms with Crippen LogP contribution >= 0.6 is 0 Å². The lowest BCUT2D eigenvalue weighted by molar-refractivity contribution is -0.142. The normalized spacial score (nSPS) is 16.7. The number of morpholine rings is 1. The van der Waals surface area contributed by atoms with Crippen LogP contribution in [-0.4, -0.2) is 67.3 Å². The molecule has 2 amide bonds. The fourth-order valence-corrected chi connectivity index (χ4v) is 1.49. The lowest BCUT2D eigenvalue weighted by atomic mass is 10.2. The highest BCUT2D eigenvalue weighted by Gasteiger charge is 2.22. The number of likely N-dealkylation sites (N-methyl/N-ethyl adjacent to an activating group) is 1. The fraction of sp³-hybridized carbons (Fsp3) is 0.833. The summed E-state index contributed by atoms with van der Waals surface area (Å²) in [6.45, 7) is 7.72. The molecule has 0 bridgehead atoms. The maximum atomic E-state index is 11.7. The topological polar surface area (TPSA) is 59.1 Å². The minimum absolute atomic E-state index is 0.0289. The number of ether oxygens (including phenoxy) is 2. The second-order valence-electron chi connectivity index (χ2n) is 5.34. The third-order valence-corrected chi connectivity index (χ3v) is 2.49. The molecule has 1 fully saturated rings. The van der Waals surface area contributed by atoms with E-state index < -0.39 is 5.60 Å². The molecule has 0 aliphatic carbocycles. The third kappa shape index (κ3) is 4.91. The van der Waals surface area contributed by atoms with E-state index in [0.717, 1.165) is 0 Å². The van der Waals surface area contributed by atoms with Crippen LogP contribution in [0.25, 0.3) is 0 Å². The van der Waals surface area contributed by atoms with E-state index in [9.17, 15) is 9.59 Å². The van der Waals surface area contributed by atoms with Crippen LogP contribution in [0.1, 0.15) is 20.8 Å². The number of carbonyl (C=O) groups excluding carboxylic acids is 2. The molecule has 1 saturated heterocycles. The highest BCUT2D eigenvalue weighted by Crippen LogP contribution is 2.09. The summed E-state index contributed by atoms with van der Waals surface area (Å²) in [5.41, 5.74) is -0.500. The molecular weight excluding hydrogens is 236 g/mol. The maximum absolute atomic E-state index is 11.7. The van der Waals surface area contributed by atoms with Gasteiger partial charge in [0, 0.05) is 26.7 Å². The Morgan fingerprint density at radius 3 is 2.72 bits per heavy atom. The van der Waals surface area contributed by atoms with Gasteiger partial charge in [-0.25, -0.2) is 4.79 Å². The van der Waals surface area contributed by atoms with E-state index in [1.54, 1.807) is 11.9 Å². The van der Waals surface area contributed by atoms with Crippen LogP contribution in [0.4, 0.5) is 4.79 Å². The van der Waals surface area contributed by atoms with Crippen molar-refractivity contribution in [1.82, 2.24) is 9.80 Å². The lowest BCUT2D eigenvalue weighted by Crippen LogP contribution is -2.46. The van der Waals surface area contributed by atoms with Crippen LogP contribution in [0.15, 0.2) is 0 Å². The second-order valence-corrected chi connectivity index (χ2v) is 5.34. The van der Waals surface area contributed by atoms with Crippen molar-refractivity contribution in [3.8, 4) is 0 Å². The Morgan fingerprint density at radius 2 is 2.17 bits per heavy atom. The highest BCUT2D eigenvalue weighted by molar-refractivity contribution is 5.78. The van der Waals surface area contributed by atoms with Crippen LogP contribution < -0.4 is 0 Å². The molecule has 1 aliphatic heterocycles. The minimum atomic E-state index is -0.500. The molecule has 0 N–H and O–H groups in total. The molecule has 1 heterocycles. The SMILES string of the molecule is CN(CCN1CCOCC1=O)C(=O)OC(C)(C)C. The first-order chi connectivity index (χ1) is 8.29. The standard InChI is InChI=1S/C12H22N2O4/c1-12(2,3)18-11(16)13(4)5-6-14-7-8-17-9-10(14)15/h5-9H2,1-4H3. The summed E-state index contributed by atoms with van der Waals surface area (Å²) >= 11 is 0. The van der Waals surface area contributed by atoms with Crippen molar-refractivity contribution in [2.45, 2.75) is 26.4 Å². The van der Waals surface area contributed by atoms with E-state index in [-0.39, 0.29) is 18.6 Å². The van der Waals surface area contributed by atoms with Crippen molar-refractivity contribution >= 4 is 12.0 Å². The number of rotatable bonds is 3. The van der Waals surface area contributed by atoms with Crippen molar-refractivity contribution in [1.29, 1.82) is 0 Å². The van der Waals surface area contributed by atoms with Crippen molar-refractivity contribution in [2.75, 3.05) is 39.9 Å². The monoisotopic (exact) mass is 258 g/mol. The van der Waals surface area contributed by atoms with E-state index in [1.165, 1.54) is 4.90 Å². The van der Waals surface area contributed by atoms with Crippen LogP contribution in [-0.2, 0) is 14.3 Å². The van der Waals surface area contributed by atoms with Gasteiger partial charge in [-0.15, -0.1) is 0 Å². The first kappa shape index (κ1) is 14.8. The average Bonchev–Trinajstić information content (AvgIpc) is 2.25. The van der Waals surface area contributed by atoms with E-state index in [0.29, 0.717) is 26.2 Å². The summed E-state index contributed by atoms with van der Waals surface area (Å²) in [4.78, 5) is 26.3. The van der Waals surface area contributed by atoms with Crippen molar-refractivity contribution in [3.63, 3.8) is 0 Å². The van der Waals surface area contributed by atoms with Gasteiger partial charge in [-0.05, 0) is 20.8 Å². The van der Waals surface area contributed by atoms with Crippen molar-refractivity contribution < 1.29 is 19.1 Å². The zero-order chi connectivity index (χ0) is 13.8. The molecule has 104 valence electrons. The minimum Gasteiger partial charge on any atom is -0.444 e. The molecule has 0 aromatic heterocycles.